The van der Waals surface area contributed by atoms with Gasteiger partial charge >= 0.3 is 0 Å². The third-order valence-electron chi connectivity index (χ3n) is 11.1. The number of halogens is 1. The second-order valence-electron chi connectivity index (χ2n) is 14.2. The summed E-state index contributed by atoms with van der Waals surface area (Å²) in [4.78, 5) is 0. The lowest BCUT2D eigenvalue weighted by Crippen LogP contribution is -2.14. The standard InChI is InChI=1S/C49H33Cl/c1-49(2)45-25-24-38-40(16-9-17-41(38)48(45)42-23-22-36(50)28-46(42)49)47-39-15-8-7-14-37(39)43(34-20-18-30-10-3-5-12-32(30)26-34)29-44(47)35-21-19-31-11-4-6-13-33(31)27-35/h3-29H,1-2H3. The Kier molecular flexibility index (Phi) is 6.38. The van der Waals surface area contributed by atoms with Crippen molar-refractivity contribution in [1.29, 1.82) is 0 Å². The topological polar surface area (TPSA) is 0 Å². The third kappa shape index (κ3) is 4.32. The van der Waals surface area contributed by atoms with Crippen LogP contribution in [-0.4, -0.2) is 0 Å². The van der Waals surface area contributed by atoms with E-state index in [0.29, 0.717) is 0 Å². The van der Waals surface area contributed by atoms with Crippen LogP contribution in [0, 0.1) is 0 Å². The van der Waals surface area contributed by atoms with Gasteiger partial charge in [-0.3, -0.25) is 0 Å². The van der Waals surface area contributed by atoms with E-state index < -0.39 is 0 Å². The summed E-state index contributed by atoms with van der Waals surface area (Å²) in [6.07, 6.45) is 0. The Morgan fingerprint density at radius 2 is 0.940 bits per heavy atom. The molecule has 1 heteroatoms. The number of fused-ring (bicyclic) bond motifs is 8. The molecule has 0 nitrogen and oxygen atoms in total. The molecule has 0 fully saturated rings. The first-order valence-electron chi connectivity index (χ1n) is 17.4. The van der Waals surface area contributed by atoms with Gasteiger partial charge in [0.25, 0.3) is 0 Å². The van der Waals surface area contributed by atoms with Crippen LogP contribution in [0.1, 0.15) is 25.0 Å². The van der Waals surface area contributed by atoms with E-state index in [2.05, 4.69) is 172 Å². The zero-order valence-electron chi connectivity index (χ0n) is 28.0. The first-order valence-corrected chi connectivity index (χ1v) is 17.7. The van der Waals surface area contributed by atoms with E-state index >= 15 is 0 Å². The highest BCUT2D eigenvalue weighted by Crippen LogP contribution is 2.53. The summed E-state index contributed by atoms with van der Waals surface area (Å²) in [5, 5.41) is 10.8. The molecule has 0 atom stereocenters. The van der Waals surface area contributed by atoms with E-state index in [1.165, 1.54) is 98.7 Å². The largest absolute Gasteiger partial charge is 0.0843 e. The van der Waals surface area contributed by atoms with E-state index in [4.69, 9.17) is 11.6 Å². The fourth-order valence-electron chi connectivity index (χ4n) is 8.63. The maximum atomic E-state index is 6.57. The van der Waals surface area contributed by atoms with Crippen molar-refractivity contribution in [3.05, 3.63) is 180 Å². The van der Waals surface area contributed by atoms with Crippen LogP contribution in [0.2, 0.25) is 5.02 Å². The average molecular weight is 657 g/mol. The highest BCUT2D eigenvalue weighted by Gasteiger charge is 2.36. The zero-order valence-corrected chi connectivity index (χ0v) is 28.7. The molecule has 0 aliphatic heterocycles. The summed E-state index contributed by atoms with van der Waals surface area (Å²) in [6, 6.07) is 60.5. The minimum Gasteiger partial charge on any atom is -0.0843 e. The predicted octanol–water partition coefficient (Wildman–Crippen LogP) is 14.3. The molecule has 50 heavy (non-hydrogen) atoms. The van der Waals surface area contributed by atoms with E-state index in [1.54, 1.807) is 0 Å². The van der Waals surface area contributed by atoms with Crippen LogP contribution in [0.4, 0.5) is 0 Å². The molecule has 0 N–H and O–H groups in total. The van der Waals surface area contributed by atoms with Gasteiger partial charge in [0.05, 0.1) is 0 Å². The van der Waals surface area contributed by atoms with Gasteiger partial charge < -0.3 is 0 Å². The first-order chi connectivity index (χ1) is 24.5. The summed E-state index contributed by atoms with van der Waals surface area (Å²) in [6.45, 7) is 4.64. The van der Waals surface area contributed by atoms with Crippen LogP contribution in [0.15, 0.2) is 164 Å². The minimum absolute atomic E-state index is 0.135. The third-order valence-corrected chi connectivity index (χ3v) is 11.3. The van der Waals surface area contributed by atoms with Crippen molar-refractivity contribution in [2.45, 2.75) is 19.3 Å². The summed E-state index contributed by atoms with van der Waals surface area (Å²) < 4.78 is 0. The average Bonchev–Trinajstić information content (AvgIpc) is 3.39. The normalized spacial score (nSPS) is 13.3. The number of hydrogen-bond donors (Lipinski definition) is 0. The van der Waals surface area contributed by atoms with E-state index in [-0.39, 0.29) is 5.41 Å². The monoisotopic (exact) mass is 656 g/mol. The molecule has 1 aliphatic carbocycles. The molecule has 0 spiro atoms. The molecule has 0 saturated heterocycles. The fourth-order valence-corrected chi connectivity index (χ4v) is 8.80. The summed E-state index contributed by atoms with van der Waals surface area (Å²) in [7, 11) is 0. The second kappa shape index (κ2) is 10.9. The number of rotatable bonds is 3. The van der Waals surface area contributed by atoms with Gasteiger partial charge in [-0.2, -0.15) is 0 Å². The van der Waals surface area contributed by atoms with E-state index in [1.807, 2.05) is 6.07 Å². The van der Waals surface area contributed by atoms with Crippen LogP contribution in [-0.2, 0) is 5.41 Å². The smallest absolute Gasteiger partial charge is 0.0409 e. The Morgan fingerprint density at radius 1 is 0.360 bits per heavy atom. The minimum atomic E-state index is -0.135. The molecular weight excluding hydrogens is 624 g/mol. The van der Waals surface area contributed by atoms with Crippen molar-refractivity contribution >= 4 is 54.7 Å². The van der Waals surface area contributed by atoms with Crippen LogP contribution in [0.25, 0.3) is 87.6 Å². The summed E-state index contributed by atoms with van der Waals surface area (Å²) >= 11 is 6.57. The van der Waals surface area contributed by atoms with E-state index in [0.717, 1.165) is 5.02 Å². The number of benzene rings is 9. The molecule has 0 amide bonds. The summed E-state index contributed by atoms with van der Waals surface area (Å²) in [5.74, 6) is 0. The van der Waals surface area contributed by atoms with Gasteiger partial charge in [-0.25, -0.2) is 0 Å². The second-order valence-corrected chi connectivity index (χ2v) is 14.7. The Morgan fingerprint density at radius 3 is 1.66 bits per heavy atom. The lowest BCUT2D eigenvalue weighted by atomic mass is 9.81. The molecule has 0 aromatic heterocycles. The predicted molar refractivity (Wildman–Crippen MR) is 215 cm³/mol. The van der Waals surface area contributed by atoms with Gasteiger partial charge in [-0.05, 0) is 129 Å². The summed E-state index contributed by atoms with van der Waals surface area (Å²) in [5.41, 5.74) is 12.5. The van der Waals surface area contributed by atoms with Crippen molar-refractivity contribution in [2.24, 2.45) is 0 Å². The van der Waals surface area contributed by atoms with Gasteiger partial charge in [0.15, 0.2) is 0 Å². The molecule has 0 radical (unpaired) electrons. The van der Waals surface area contributed by atoms with Crippen molar-refractivity contribution in [3.8, 4) is 44.5 Å². The molecule has 0 bridgehead atoms. The fraction of sp³-hybridized carbons (Fsp3) is 0.0612. The maximum Gasteiger partial charge on any atom is 0.0409 e. The molecule has 10 rings (SSSR count). The number of hydrogen-bond acceptors (Lipinski definition) is 0. The molecule has 0 saturated carbocycles. The van der Waals surface area contributed by atoms with Crippen molar-refractivity contribution < 1.29 is 0 Å². The van der Waals surface area contributed by atoms with Crippen LogP contribution in [0.3, 0.4) is 0 Å². The maximum absolute atomic E-state index is 6.57. The first kappa shape index (κ1) is 29.2. The lowest BCUT2D eigenvalue weighted by Gasteiger charge is -2.23. The molecule has 0 heterocycles. The highest BCUT2D eigenvalue weighted by atomic mass is 35.5. The van der Waals surface area contributed by atoms with Crippen molar-refractivity contribution in [3.63, 3.8) is 0 Å². The van der Waals surface area contributed by atoms with Gasteiger partial charge in [0, 0.05) is 10.4 Å². The van der Waals surface area contributed by atoms with Crippen LogP contribution in [0.5, 0.6) is 0 Å². The van der Waals surface area contributed by atoms with Crippen molar-refractivity contribution in [1.82, 2.24) is 0 Å². The SMILES string of the molecule is CC1(C)c2cc(Cl)ccc2-c2c1ccc1c(-c3c(-c4ccc5ccccc5c4)cc(-c4ccc5ccccc5c4)c4ccccc34)cccc21. The van der Waals surface area contributed by atoms with E-state index in [9.17, 15) is 0 Å². The Bertz CT molecular complexity index is 2850. The quantitative estimate of drug-likeness (QED) is 0.177. The van der Waals surface area contributed by atoms with Crippen molar-refractivity contribution in [2.75, 3.05) is 0 Å². The Labute approximate surface area is 297 Å². The molecule has 0 unspecified atom stereocenters. The highest BCUT2D eigenvalue weighted by molar-refractivity contribution is 6.31. The van der Waals surface area contributed by atoms with Gasteiger partial charge in [0.1, 0.15) is 0 Å². The lowest BCUT2D eigenvalue weighted by molar-refractivity contribution is 0.661. The zero-order chi connectivity index (χ0) is 33.6. The van der Waals surface area contributed by atoms with Crippen LogP contribution >= 0.6 is 11.6 Å². The van der Waals surface area contributed by atoms with Crippen LogP contribution < -0.4 is 0 Å². The molecule has 236 valence electrons. The van der Waals surface area contributed by atoms with Gasteiger partial charge in [-0.1, -0.05) is 159 Å². The van der Waals surface area contributed by atoms with Gasteiger partial charge in [-0.15, -0.1) is 0 Å². The molecule has 9 aromatic carbocycles. The van der Waals surface area contributed by atoms with Gasteiger partial charge in [0.2, 0.25) is 0 Å². The molecular formula is C49H33Cl. The Balaban J connectivity index is 1.31. The Hall–Kier alpha value is -5.69. The molecule has 9 aromatic rings. The molecule has 1 aliphatic rings.